The molecule has 348 valence electrons. The topological polar surface area (TPSA) is 66.0 Å². The third-order valence-electron chi connectivity index (χ3n) is 10.9. The molecule has 0 aliphatic rings. The molecule has 0 N–H and O–H groups in total. The van der Waals surface area contributed by atoms with Gasteiger partial charge in [-0.2, -0.15) is 26.3 Å². The summed E-state index contributed by atoms with van der Waals surface area (Å²) < 4.78 is 84.1. The number of hydrogen-bond acceptors (Lipinski definition) is 3. The fourth-order valence-corrected chi connectivity index (χ4v) is 7.99. The molecule has 6 aromatic carbocycles. The van der Waals surface area contributed by atoms with Gasteiger partial charge in [0.2, 0.25) is 0 Å². The zero-order valence-electron chi connectivity index (χ0n) is 37.3. The van der Waals surface area contributed by atoms with E-state index in [4.69, 9.17) is 0 Å². The van der Waals surface area contributed by atoms with Crippen molar-refractivity contribution in [3.63, 3.8) is 0 Å². The molecule has 0 aliphatic carbocycles. The lowest BCUT2D eigenvalue weighted by atomic mass is 9.98. The summed E-state index contributed by atoms with van der Waals surface area (Å²) in [6.07, 6.45) is 1.02. The Morgan fingerprint density at radius 2 is 0.580 bits per heavy atom. The van der Waals surface area contributed by atoms with Crippen LogP contribution in [0.2, 0.25) is 0 Å². The number of rotatable bonds is 6. The number of halogens is 7. The molecule has 9 aromatic rings. The molecule has 6 nitrogen and oxygen atoms in total. The fraction of sp³-hybridized carbons (Fsp3) is 0.0893. The van der Waals surface area contributed by atoms with Gasteiger partial charge < -0.3 is 13.7 Å². The van der Waals surface area contributed by atoms with E-state index in [0.29, 0.717) is 5.56 Å². The molecule has 0 bridgehead atoms. The summed E-state index contributed by atoms with van der Waals surface area (Å²) in [5.74, 6) is 0. The number of benzene rings is 6. The molecule has 0 amide bonds. The number of aromatic nitrogens is 3. The van der Waals surface area contributed by atoms with Gasteiger partial charge in [-0.15, -0.1) is 0 Å². The van der Waals surface area contributed by atoms with E-state index in [2.05, 4.69) is 15.9 Å². The highest BCUT2D eigenvalue weighted by Crippen LogP contribution is 2.34. The predicted octanol–water partition coefficient (Wildman–Crippen LogP) is 14.0. The summed E-state index contributed by atoms with van der Waals surface area (Å²) in [6.45, 7) is 0. The van der Waals surface area contributed by atoms with Crippen LogP contribution in [0.15, 0.2) is 220 Å². The van der Waals surface area contributed by atoms with Crippen molar-refractivity contribution in [1.82, 2.24) is 13.7 Å². The van der Waals surface area contributed by atoms with Crippen molar-refractivity contribution in [3.05, 3.63) is 247 Å². The Bertz CT molecular complexity index is 3280. The average molecular weight is 999 g/mol. The molecule has 0 aliphatic heterocycles. The monoisotopic (exact) mass is 997 g/mol. The summed E-state index contributed by atoms with van der Waals surface area (Å²) in [5, 5.41) is 0. The minimum atomic E-state index is -4.58. The number of aryl methyl sites for hydroxylation is 3. The second-order valence-electron chi connectivity index (χ2n) is 16.0. The lowest BCUT2D eigenvalue weighted by molar-refractivity contribution is -0.138. The lowest BCUT2D eigenvalue weighted by Gasteiger charge is -2.12. The van der Waals surface area contributed by atoms with Crippen molar-refractivity contribution >= 4 is 15.9 Å². The summed E-state index contributed by atoms with van der Waals surface area (Å²) in [6, 6.07) is 45.6. The first-order valence-electron chi connectivity index (χ1n) is 21.3. The molecule has 0 saturated carbocycles. The van der Waals surface area contributed by atoms with Crippen molar-refractivity contribution < 1.29 is 26.3 Å². The SMILES string of the molecule is Cn1cc(-c2cccc(C(F)(F)F)c2)c(=O)c(-c2cccc(C(F)(F)F)c2)c1.Cn1cc(-c2ccccc2)c(=O)c(-c2cccc(Br)c2)c1.Cn1cc(-c2ccccc2)c(=O)c(-c2ccccc2)c1. The first-order chi connectivity index (χ1) is 32.9. The van der Waals surface area contributed by atoms with Crippen molar-refractivity contribution in [2.24, 2.45) is 21.1 Å². The van der Waals surface area contributed by atoms with Crippen LogP contribution in [0.4, 0.5) is 26.3 Å². The summed E-state index contributed by atoms with van der Waals surface area (Å²) in [5.41, 5.74) is 4.26. The van der Waals surface area contributed by atoms with E-state index in [1.54, 1.807) is 0 Å². The highest BCUT2D eigenvalue weighted by molar-refractivity contribution is 9.10. The van der Waals surface area contributed by atoms with Crippen molar-refractivity contribution in [1.29, 1.82) is 0 Å². The third-order valence-corrected chi connectivity index (χ3v) is 11.3. The van der Waals surface area contributed by atoms with Gasteiger partial charge in [-0.3, -0.25) is 14.4 Å². The van der Waals surface area contributed by atoms with Gasteiger partial charge in [0.1, 0.15) is 0 Å². The van der Waals surface area contributed by atoms with Crippen molar-refractivity contribution in [2.45, 2.75) is 12.4 Å². The zero-order chi connectivity index (χ0) is 49.5. The predicted molar refractivity (Wildman–Crippen MR) is 265 cm³/mol. The van der Waals surface area contributed by atoms with Crippen LogP contribution >= 0.6 is 15.9 Å². The molecule has 0 spiro atoms. The van der Waals surface area contributed by atoms with Crippen LogP contribution in [0.3, 0.4) is 0 Å². The molecule has 0 radical (unpaired) electrons. The van der Waals surface area contributed by atoms with Crippen LogP contribution in [0.5, 0.6) is 0 Å². The lowest BCUT2D eigenvalue weighted by Crippen LogP contribution is -2.13. The van der Waals surface area contributed by atoms with E-state index < -0.39 is 28.9 Å². The van der Waals surface area contributed by atoms with E-state index in [-0.39, 0.29) is 33.1 Å². The largest absolute Gasteiger partial charge is 0.416 e. The Labute approximate surface area is 401 Å². The first kappa shape index (κ1) is 49.1. The average Bonchev–Trinajstić information content (AvgIpc) is 3.34. The number of nitrogens with zero attached hydrogens (tertiary/aromatic N) is 3. The molecule has 0 atom stereocenters. The van der Waals surface area contributed by atoms with E-state index in [1.165, 1.54) is 48.3 Å². The molecule has 0 saturated heterocycles. The minimum absolute atomic E-state index is 0.0317. The second kappa shape index (κ2) is 21.0. The van der Waals surface area contributed by atoms with E-state index >= 15 is 0 Å². The van der Waals surface area contributed by atoms with Gasteiger partial charge in [-0.1, -0.05) is 143 Å². The molecular formula is C56H42BrF6N3O3. The van der Waals surface area contributed by atoms with Crippen molar-refractivity contribution in [3.8, 4) is 66.8 Å². The van der Waals surface area contributed by atoms with E-state index in [0.717, 1.165) is 67.7 Å². The van der Waals surface area contributed by atoms with E-state index in [9.17, 15) is 40.7 Å². The van der Waals surface area contributed by atoms with E-state index in [1.807, 2.05) is 163 Å². The van der Waals surface area contributed by atoms with Gasteiger partial charge in [-0.05, 0) is 69.8 Å². The van der Waals surface area contributed by atoms with Gasteiger partial charge in [0.15, 0.2) is 16.3 Å². The summed E-state index contributed by atoms with van der Waals surface area (Å²) >= 11 is 3.46. The minimum Gasteiger partial charge on any atom is -0.356 e. The molecule has 0 fully saturated rings. The van der Waals surface area contributed by atoms with Crippen LogP contribution in [0.25, 0.3) is 66.8 Å². The maximum absolute atomic E-state index is 13.0. The van der Waals surface area contributed by atoms with Crippen LogP contribution < -0.4 is 16.3 Å². The fourth-order valence-electron chi connectivity index (χ4n) is 7.59. The molecule has 9 rings (SSSR count). The molecular weight excluding hydrogens is 957 g/mol. The smallest absolute Gasteiger partial charge is 0.356 e. The standard InChI is InChI=1S/C20H13F6NO.C18H14BrNO.C18H15NO/c1-27-10-16(12-4-2-6-14(8-12)19(21,22)23)18(28)17(11-27)13-5-3-7-15(9-13)20(24,25)26;1-20-11-16(13-6-3-2-4-7-13)18(21)17(12-20)14-8-5-9-15(19)10-14;1-19-12-16(14-8-4-2-5-9-14)18(20)17(13-19)15-10-6-3-7-11-15/h2-11H,1H3;2-12H,1H3;2-13H,1H3. The van der Waals surface area contributed by atoms with Gasteiger partial charge in [-0.25, -0.2) is 0 Å². The van der Waals surface area contributed by atoms with Crippen LogP contribution in [-0.4, -0.2) is 13.7 Å². The highest BCUT2D eigenvalue weighted by atomic mass is 79.9. The number of hydrogen-bond donors (Lipinski definition) is 0. The van der Waals surface area contributed by atoms with Crippen LogP contribution in [0, 0.1) is 0 Å². The quantitative estimate of drug-likeness (QED) is 0.156. The molecule has 3 aromatic heterocycles. The Balaban J connectivity index is 0.000000156. The number of pyridine rings is 3. The van der Waals surface area contributed by atoms with Gasteiger partial charge >= 0.3 is 12.4 Å². The summed E-state index contributed by atoms with van der Waals surface area (Å²) in [7, 11) is 5.42. The Hall–Kier alpha value is -7.77. The molecule has 13 heteroatoms. The molecule has 69 heavy (non-hydrogen) atoms. The van der Waals surface area contributed by atoms with Gasteiger partial charge in [0.05, 0.1) is 11.1 Å². The highest BCUT2D eigenvalue weighted by Gasteiger charge is 2.32. The Morgan fingerprint density at radius 1 is 0.333 bits per heavy atom. The van der Waals surface area contributed by atoms with Gasteiger partial charge in [0.25, 0.3) is 0 Å². The Kier molecular flexibility index (Phi) is 15.0. The third kappa shape index (κ3) is 12.0. The maximum Gasteiger partial charge on any atom is 0.416 e. The second-order valence-corrected chi connectivity index (χ2v) is 16.9. The maximum atomic E-state index is 13.0. The summed E-state index contributed by atoms with van der Waals surface area (Å²) in [4.78, 5) is 38.4. The Morgan fingerprint density at radius 3 is 0.855 bits per heavy atom. The molecule has 0 unspecified atom stereocenters. The number of alkyl halides is 6. The van der Waals surface area contributed by atoms with Crippen LogP contribution in [-0.2, 0) is 33.5 Å². The first-order valence-corrected chi connectivity index (χ1v) is 22.0. The van der Waals surface area contributed by atoms with Gasteiger partial charge in [0, 0.05) is 96.2 Å². The van der Waals surface area contributed by atoms with Crippen molar-refractivity contribution in [2.75, 3.05) is 0 Å². The molecule has 3 heterocycles. The van der Waals surface area contributed by atoms with Crippen LogP contribution in [0.1, 0.15) is 11.1 Å². The normalized spacial score (nSPS) is 11.2. The zero-order valence-corrected chi connectivity index (χ0v) is 38.9.